The fraction of sp³-hybridized carbons (Fsp3) is 0.333. The first-order valence-corrected chi connectivity index (χ1v) is 9.81. The fourth-order valence-electron chi connectivity index (χ4n) is 2.80. The summed E-state index contributed by atoms with van der Waals surface area (Å²) in [6, 6.07) is 9.26. The first-order valence-electron chi connectivity index (χ1n) is 9.43. The van der Waals surface area contributed by atoms with Gasteiger partial charge in [-0.15, -0.1) is 5.10 Å². The highest BCUT2D eigenvalue weighted by molar-refractivity contribution is 6.33. The highest BCUT2D eigenvalue weighted by Crippen LogP contribution is 2.30. The van der Waals surface area contributed by atoms with Crippen molar-refractivity contribution >= 4 is 11.6 Å². The molecule has 31 heavy (non-hydrogen) atoms. The van der Waals surface area contributed by atoms with Gasteiger partial charge in [0, 0.05) is 17.5 Å². The van der Waals surface area contributed by atoms with Gasteiger partial charge < -0.3 is 5.11 Å². The van der Waals surface area contributed by atoms with E-state index in [0.29, 0.717) is 17.1 Å². The number of H-pyrrole nitrogens is 1. The highest BCUT2D eigenvalue weighted by atomic mass is 35.5. The third-order valence-electron chi connectivity index (χ3n) is 4.66. The SMILES string of the molecule is CC(C)(C)C(O)NCc1ccc(Cl)c(-c2nn(-c3ccc(C(F)(F)F)cc3)c(=O)[nH]2)c1. The molecule has 10 heteroatoms. The van der Waals surface area contributed by atoms with Crippen LogP contribution in [0.5, 0.6) is 0 Å². The van der Waals surface area contributed by atoms with Crippen molar-refractivity contribution in [3.63, 3.8) is 0 Å². The molecule has 3 N–H and O–H groups in total. The lowest BCUT2D eigenvalue weighted by Gasteiger charge is -2.26. The van der Waals surface area contributed by atoms with E-state index in [1.165, 1.54) is 12.1 Å². The fourth-order valence-corrected chi connectivity index (χ4v) is 3.00. The maximum absolute atomic E-state index is 12.8. The van der Waals surface area contributed by atoms with Crippen LogP contribution in [0.2, 0.25) is 5.02 Å². The Kier molecular flexibility index (Phi) is 6.31. The van der Waals surface area contributed by atoms with Crippen molar-refractivity contribution < 1.29 is 18.3 Å². The Morgan fingerprint density at radius 1 is 1.16 bits per heavy atom. The number of aromatic nitrogens is 3. The minimum Gasteiger partial charge on any atom is -0.378 e. The molecule has 2 aromatic carbocycles. The zero-order valence-electron chi connectivity index (χ0n) is 17.1. The topological polar surface area (TPSA) is 82.9 Å². The molecule has 0 fully saturated rings. The number of aliphatic hydroxyl groups excluding tert-OH is 1. The molecule has 0 radical (unpaired) electrons. The van der Waals surface area contributed by atoms with Crippen LogP contribution in [0.25, 0.3) is 17.1 Å². The van der Waals surface area contributed by atoms with E-state index in [9.17, 15) is 23.1 Å². The van der Waals surface area contributed by atoms with Crippen LogP contribution in [0.4, 0.5) is 13.2 Å². The number of aromatic amines is 1. The largest absolute Gasteiger partial charge is 0.416 e. The second-order valence-electron chi connectivity index (χ2n) is 8.20. The summed E-state index contributed by atoms with van der Waals surface area (Å²) in [6.45, 7) is 6.05. The zero-order valence-corrected chi connectivity index (χ0v) is 17.8. The van der Waals surface area contributed by atoms with Gasteiger partial charge in [-0.05, 0) is 42.0 Å². The van der Waals surface area contributed by atoms with E-state index in [2.05, 4.69) is 15.4 Å². The molecule has 0 amide bonds. The number of hydrogen-bond donors (Lipinski definition) is 3. The molecule has 3 rings (SSSR count). The number of nitrogens with zero attached hydrogens (tertiary/aromatic N) is 2. The summed E-state index contributed by atoms with van der Waals surface area (Å²) in [5, 5.41) is 17.7. The van der Waals surface area contributed by atoms with Crippen LogP contribution in [0.3, 0.4) is 0 Å². The minimum absolute atomic E-state index is 0.174. The van der Waals surface area contributed by atoms with Gasteiger partial charge in [0.25, 0.3) is 0 Å². The Balaban J connectivity index is 1.88. The minimum atomic E-state index is -4.47. The number of nitrogens with one attached hydrogen (secondary N) is 2. The molecule has 1 aromatic heterocycles. The molecule has 0 saturated heterocycles. The van der Waals surface area contributed by atoms with Gasteiger partial charge in [0.2, 0.25) is 0 Å². The summed E-state index contributed by atoms with van der Waals surface area (Å²) < 4.78 is 39.3. The second kappa shape index (κ2) is 8.49. The normalized spacial score (nSPS) is 13.4. The Bertz CT molecular complexity index is 1120. The first-order chi connectivity index (χ1) is 14.4. The zero-order chi connectivity index (χ0) is 23.0. The molecular weight excluding hydrogens is 433 g/mol. The van der Waals surface area contributed by atoms with Crippen LogP contribution in [-0.4, -0.2) is 26.1 Å². The number of halogens is 4. The van der Waals surface area contributed by atoms with Gasteiger partial charge >= 0.3 is 11.9 Å². The van der Waals surface area contributed by atoms with Crippen molar-refractivity contribution in [3.05, 3.63) is 69.1 Å². The Labute approximate surface area is 181 Å². The van der Waals surface area contributed by atoms with E-state index < -0.39 is 23.7 Å². The highest BCUT2D eigenvalue weighted by Gasteiger charge is 2.30. The van der Waals surface area contributed by atoms with Crippen LogP contribution in [0.15, 0.2) is 47.3 Å². The summed E-state index contributed by atoms with van der Waals surface area (Å²) in [5.74, 6) is 0.174. The van der Waals surface area contributed by atoms with Crippen molar-refractivity contribution in [2.45, 2.75) is 39.7 Å². The summed E-state index contributed by atoms with van der Waals surface area (Å²) in [4.78, 5) is 14.9. The summed E-state index contributed by atoms with van der Waals surface area (Å²) in [5.41, 5.74) is -0.344. The molecule has 1 unspecified atom stereocenters. The monoisotopic (exact) mass is 454 g/mol. The molecule has 0 saturated carbocycles. The van der Waals surface area contributed by atoms with Gasteiger partial charge in [0.15, 0.2) is 5.82 Å². The van der Waals surface area contributed by atoms with Gasteiger partial charge in [0.05, 0.1) is 16.3 Å². The smallest absolute Gasteiger partial charge is 0.378 e. The third-order valence-corrected chi connectivity index (χ3v) is 4.99. The van der Waals surface area contributed by atoms with Gasteiger partial charge in [-0.2, -0.15) is 17.9 Å². The van der Waals surface area contributed by atoms with Crippen molar-refractivity contribution in [1.82, 2.24) is 20.1 Å². The number of rotatable bonds is 5. The molecule has 6 nitrogen and oxygen atoms in total. The van der Waals surface area contributed by atoms with Gasteiger partial charge in [-0.3, -0.25) is 10.3 Å². The molecule has 3 aromatic rings. The molecule has 0 aliphatic heterocycles. The molecule has 166 valence electrons. The lowest BCUT2D eigenvalue weighted by molar-refractivity contribution is -0.137. The third kappa shape index (κ3) is 5.36. The van der Waals surface area contributed by atoms with E-state index in [0.717, 1.165) is 22.4 Å². The average molecular weight is 455 g/mol. The van der Waals surface area contributed by atoms with Crippen LogP contribution < -0.4 is 11.0 Å². The quantitative estimate of drug-likeness (QED) is 0.500. The molecular formula is C21H22ClF3N4O2. The van der Waals surface area contributed by atoms with Crippen molar-refractivity contribution in [2.75, 3.05) is 0 Å². The number of alkyl halides is 3. The van der Waals surface area contributed by atoms with E-state index in [-0.39, 0.29) is 16.9 Å². The number of hydrogen-bond acceptors (Lipinski definition) is 4. The Morgan fingerprint density at radius 3 is 2.39 bits per heavy atom. The summed E-state index contributed by atoms with van der Waals surface area (Å²) in [7, 11) is 0. The first kappa shape index (κ1) is 23.1. The van der Waals surface area contributed by atoms with Gasteiger partial charge in [-0.25, -0.2) is 4.79 Å². The van der Waals surface area contributed by atoms with E-state index in [1.54, 1.807) is 18.2 Å². The number of aliphatic hydroxyl groups is 1. The van der Waals surface area contributed by atoms with Crippen LogP contribution in [0.1, 0.15) is 31.9 Å². The van der Waals surface area contributed by atoms with Crippen molar-refractivity contribution in [3.8, 4) is 17.1 Å². The van der Waals surface area contributed by atoms with E-state index >= 15 is 0 Å². The number of benzene rings is 2. The van der Waals surface area contributed by atoms with Crippen molar-refractivity contribution in [1.29, 1.82) is 0 Å². The Hall–Kier alpha value is -2.62. The molecule has 0 aliphatic carbocycles. The average Bonchev–Trinajstić information content (AvgIpc) is 3.07. The maximum atomic E-state index is 12.8. The van der Waals surface area contributed by atoms with Crippen LogP contribution >= 0.6 is 11.6 Å². The predicted octanol–water partition coefficient (Wildman–Crippen LogP) is 4.35. The van der Waals surface area contributed by atoms with Crippen LogP contribution in [-0.2, 0) is 12.7 Å². The molecule has 0 aliphatic rings. The lowest BCUT2D eigenvalue weighted by Crippen LogP contribution is -2.39. The second-order valence-corrected chi connectivity index (χ2v) is 8.61. The summed E-state index contributed by atoms with van der Waals surface area (Å²) in [6.07, 6.45) is -5.20. The molecule has 0 spiro atoms. The van der Waals surface area contributed by atoms with Gasteiger partial charge in [0.1, 0.15) is 6.23 Å². The van der Waals surface area contributed by atoms with Gasteiger partial charge in [-0.1, -0.05) is 38.4 Å². The van der Waals surface area contributed by atoms with Crippen molar-refractivity contribution in [2.24, 2.45) is 5.41 Å². The molecule has 0 bridgehead atoms. The standard InChI is InChI=1S/C21H22ClF3N4O2/c1-20(2,3)18(30)26-11-12-4-9-16(22)15(10-12)17-27-19(31)29(28-17)14-7-5-13(6-8-14)21(23,24)25/h4-10,18,26,30H,11H2,1-3H3,(H,27,28,31). The maximum Gasteiger partial charge on any atom is 0.416 e. The van der Waals surface area contributed by atoms with Crippen LogP contribution in [0, 0.1) is 5.41 Å². The summed E-state index contributed by atoms with van der Waals surface area (Å²) >= 11 is 6.28. The predicted molar refractivity (Wildman–Crippen MR) is 112 cm³/mol. The van der Waals surface area contributed by atoms with E-state index in [1.807, 2.05) is 20.8 Å². The Morgan fingerprint density at radius 2 is 1.81 bits per heavy atom. The molecule has 1 heterocycles. The molecule has 1 atom stereocenters. The lowest BCUT2D eigenvalue weighted by atomic mass is 9.94. The van der Waals surface area contributed by atoms with E-state index in [4.69, 9.17) is 11.6 Å².